The van der Waals surface area contributed by atoms with Crippen LogP contribution in [0.25, 0.3) is 0 Å². The molecule has 6 heteroatoms. The van der Waals surface area contributed by atoms with Gasteiger partial charge in [0.25, 0.3) is 0 Å². The van der Waals surface area contributed by atoms with Crippen LogP contribution in [-0.2, 0) is 14.3 Å². The summed E-state index contributed by atoms with van der Waals surface area (Å²) in [5.74, 6) is 0.0467. The normalized spacial score (nSPS) is 20.9. The predicted molar refractivity (Wildman–Crippen MR) is 75.2 cm³/mol. The fourth-order valence-corrected chi connectivity index (χ4v) is 2.24. The van der Waals surface area contributed by atoms with Crippen LogP contribution in [0.3, 0.4) is 0 Å². The van der Waals surface area contributed by atoms with Crippen molar-refractivity contribution in [1.82, 2.24) is 5.32 Å². The SMILES string of the molecule is COC(=O)c1ccc(OC[C@@H]2C[C@H](OC(C)=O)CN2)cc1. The van der Waals surface area contributed by atoms with E-state index >= 15 is 0 Å². The molecule has 0 saturated carbocycles. The summed E-state index contributed by atoms with van der Waals surface area (Å²) < 4.78 is 15.4. The van der Waals surface area contributed by atoms with Crippen molar-refractivity contribution < 1.29 is 23.8 Å². The highest BCUT2D eigenvalue weighted by Crippen LogP contribution is 2.16. The number of methoxy groups -OCH3 is 1. The molecule has 6 nitrogen and oxygen atoms in total. The fraction of sp³-hybridized carbons (Fsp3) is 0.467. The highest BCUT2D eigenvalue weighted by molar-refractivity contribution is 5.89. The fourth-order valence-electron chi connectivity index (χ4n) is 2.24. The molecule has 1 aliphatic rings. The number of nitrogens with one attached hydrogen (secondary N) is 1. The number of carbonyl (C=O) groups is 2. The molecular weight excluding hydrogens is 274 g/mol. The van der Waals surface area contributed by atoms with Gasteiger partial charge in [-0.3, -0.25) is 4.79 Å². The second-order valence-electron chi connectivity index (χ2n) is 4.90. The van der Waals surface area contributed by atoms with E-state index in [4.69, 9.17) is 9.47 Å². The van der Waals surface area contributed by atoms with E-state index in [9.17, 15) is 9.59 Å². The van der Waals surface area contributed by atoms with E-state index in [1.165, 1.54) is 14.0 Å². The maximum atomic E-state index is 11.3. The molecule has 0 aliphatic carbocycles. The van der Waals surface area contributed by atoms with Crippen LogP contribution in [-0.4, -0.2) is 44.3 Å². The molecular formula is C15H19NO5. The van der Waals surface area contributed by atoms with Gasteiger partial charge < -0.3 is 19.5 Å². The minimum atomic E-state index is -0.372. The molecule has 1 aromatic rings. The predicted octanol–water partition coefficient (Wildman–Crippen LogP) is 1.15. The van der Waals surface area contributed by atoms with Crippen molar-refractivity contribution in [3.05, 3.63) is 29.8 Å². The molecule has 2 atom stereocenters. The van der Waals surface area contributed by atoms with Gasteiger partial charge in [-0.25, -0.2) is 4.79 Å². The highest BCUT2D eigenvalue weighted by atomic mass is 16.5. The van der Waals surface area contributed by atoms with E-state index in [1.54, 1.807) is 24.3 Å². The van der Waals surface area contributed by atoms with Crippen LogP contribution >= 0.6 is 0 Å². The Labute approximate surface area is 123 Å². The van der Waals surface area contributed by atoms with Crippen LogP contribution in [0.1, 0.15) is 23.7 Å². The molecule has 1 heterocycles. The Morgan fingerprint density at radius 1 is 1.29 bits per heavy atom. The summed E-state index contributed by atoms with van der Waals surface area (Å²) in [6.07, 6.45) is 0.651. The lowest BCUT2D eigenvalue weighted by Gasteiger charge is -2.12. The molecule has 2 rings (SSSR count). The van der Waals surface area contributed by atoms with Crippen LogP contribution in [0.4, 0.5) is 0 Å². The minimum Gasteiger partial charge on any atom is -0.492 e. The minimum absolute atomic E-state index is 0.0854. The molecule has 1 aromatic carbocycles. The van der Waals surface area contributed by atoms with Crippen molar-refractivity contribution in [2.24, 2.45) is 0 Å². The monoisotopic (exact) mass is 293 g/mol. The number of hydrogen-bond acceptors (Lipinski definition) is 6. The Hall–Kier alpha value is -2.08. The lowest BCUT2D eigenvalue weighted by atomic mass is 10.2. The lowest BCUT2D eigenvalue weighted by Crippen LogP contribution is -2.28. The first-order valence-electron chi connectivity index (χ1n) is 6.80. The maximum absolute atomic E-state index is 11.3. The van der Waals surface area contributed by atoms with E-state index in [2.05, 4.69) is 10.1 Å². The van der Waals surface area contributed by atoms with Gasteiger partial charge in [0, 0.05) is 25.9 Å². The Kier molecular flexibility index (Phi) is 5.16. The second-order valence-corrected chi connectivity index (χ2v) is 4.90. The van der Waals surface area contributed by atoms with Gasteiger partial charge in [-0.05, 0) is 24.3 Å². The number of hydrogen-bond donors (Lipinski definition) is 1. The first-order chi connectivity index (χ1) is 10.1. The number of ether oxygens (including phenoxy) is 3. The summed E-state index contributed by atoms with van der Waals surface area (Å²) in [6, 6.07) is 6.92. The van der Waals surface area contributed by atoms with Gasteiger partial charge in [0.1, 0.15) is 18.5 Å². The van der Waals surface area contributed by atoms with Gasteiger partial charge in [-0.15, -0.1) is 0 Å². The largest absolute Gasteiger partial charge is 0.492 e. The summed E-state index contributed by atoms with van der Waals surface area (Å²) in [4.78, 5) is 22.2. The van der Waals surface area contributed by atoms with Gasteiger partial charge in [0.2, 0.25) is 0 Å². The lowest BCUT2D eigenvalue weighted by molar-refractivity contribution is -0.145. The molecule has 1 N–H and O–H groups in total. The summed E-state index contributed by atoms with van der Waals surface area (Å²) in [7, 11) is 1.35. The van der Waals surface area contributed by atoms with E-state index < -0.39 is 0 Å². The van der Waals surface area contributed by atoms with Gasteiger partial charge in [0.05, 0.1) is 12.7 Å². The molecule has 0 amide bonds. The van der Waals surface area contributed by atoms with E-state index in [0.717, 1.165) is 6.42 Å². The third kappa shape index (κ3) is 4.46. The van der Waals surface area contributed by atoms with Crippen molar-refractivity contribution in [3.8, 4) is 5.75 Å². The summed E-state index contributed by atoms with van der Waals surface area (Å²) in [6.45, 7) is 2.54. The summed E-state index contributed by atoms with van der Waals surface area (Å²) >= 11 is 0. The summed E-state index contributed by atoms with van der Waals surface area (Å²) in [5, 5.41) is 3.24. The molecule has 1 saturated heterocycles. The molecule has 0 spiro atoms. The zero-order chi connectivity index (χ0) is 15.2. The van der Waals surface area contributed by atoms with Crippen LogP contribution in [0, 0.1) is 0 Å². The van der Waals surface area contributed by atoms with Gasteiger partial charge in [-0.1, -0.05) is 0 Å². The Bertz CT molecular complexity index is 499. The quantitative estimate of drug-likeness (QED) is 0.821. The topological polar surface area (TPSA) is 73.9 Å². The van der Waals surface area contributed by atoms with E-state index in [0.29, 0.717) is 24.5 Å². The second kappa shape index (κ2) is 7.08. The standard InChI is InChI=1S/C15H19NO5/c1-10(17)21-14-7-12(16-8-14)9-20-13-5-3-11(4-6-13)15(18)19-2/h3-6,12,14,16H,7-9H2,1-2H3/t12-,14-/m0/s1. The molecule has 21 heavy (non-hydrogen) atoms. The molecule has 1 fully saturated rings. The van der Waals surface area contributed by atoms with Crippen molar-refractivity contribution >= 4 is 11.9 Å². The number of carbonyl (C=O) groups excluding carboxylic acids is 2. The molecule has 0 aromatic heterocycles. The van der Waals surface area contributed by atoms with Crippen LogP contribution in [0.5, 0.6) is 5.75 Å². The number of esters is 2. The van der Waals surface area contributed by atoms with Crippen LogP contribution in [0.15, 0.2) is 24.3 Å². The van der Waals surface area contributed by atoms with Gasteiger partial charge >= 0.3 is 11.9 Å². The van der Waals surface area contributed by atoms with Crippen molar-refractivity contribution in [3.63, 3.8) is 0 Å². The molecule has 1 aliphatic heterocycles. The summed E-state index contributed by atoms with van der Waals surface area (Å²) in [5.41, 5.74) is 0.485. The van der Waals surface area contributed by atoms with Crippen molar-refractivity contribution in [2.45, 2.75) is 25.5 Å². The van der Waals surface area contributed by atoms with E-state index in [-0.39, 0.29) is 24.1 Å². The third-order valence-electron chi connectivity index (χ3n) is 3.24. The maximum Gasteiger partial charge on any atom is 0.337 e. The Balaban J connectivity index is 1.78. The molecule has 0 bridgehead atoms. The average molecular weight is 293 g/mol. The van der Waals surface area contributed by atoms with Crippen LogP contribution < -0.4 is 10.1 Å². The van der Waals surface area contributed by atoms with E-state index in [1.807, 2.05) is 0 Å². The average Bonchev–Trinajstić information content (AvgIpc) is 2.91. The van der Waals surface area contributed by atoms with Crippen molar-refractivity contribution in [2.75, 3.05) is 20.3 Å². The molecule has 0 unspecified atom stereocenters. The first-order valence-corrected chi connectivity index (χ1v) is 6.80. The molecule has 0 radical (unpaired) electrons. The number of benzene rings is 1. The third-order valence-corrected chi connectivity index (χ3v) is 3.24. The zero-order valence-corrected chi connectivity index (χ0v) is 12.1. The highest BCUT2D eigenvalue weighted by Gasteiger charge is 2.26. The Morgan fingerprint density at radius 2 is 2.00 bits per heavy atom. The van der Waals surface area contributed by atoms with Crippen LogP contribution in [0.2, 0.25) is 0 Å². The smallest absolute Gasteiger partial charge is 0.337 e. The zero-order valence-electron chi connectivity index (χ0n) is 12.1. The Morgan fingerprint density at radius 3 is 2.62 bits per heavy atom. The van der Waals surface area contributed by atoms with Crippen molar-refractivity contribution in [1.29, 1.82) is 0 Å². The first kappa shape index (κ1) is 15.3. The molecule has 114 valence electrons. The van der Waals surface area contributed by atoms with Gasteiger partial charge in [-0.2, -0.15) is 0 Å². The van der Waals surface area contributed by atoms with Gasteiger partial charge in [0.15, 0.2) is 0 Å². The number of rotatable bonds is 5.